The van der Waals surface area contributed by atoms with Crippen LogP contribution in [-0.2, 0) is 11.2 Å². The third-order valence-electron chi connectivity index (χ3n) is 4.02. The first-order chi connectivity index (χ1) is 12.2. The zero-order valence-electron chi connectivity index (χ0n) is 13.7. The number of fused-ring (bicyclic) bond motifs is 3. The number of thiazole rings is 1. The Hall–Kier alpha value is -2.92. The fraction of sp³-hybridized carbons (Fsp3) is 0.100. The molecule has 1 heterocycles. The SMILES string of the molecule is COc1cccc(CC(=O)Nc2nc3ccc4ccccc4c3s2)c1. The predicted octanol–water partition coefficient (Wildman–Crippen LogP) is 4.64. The molecule has 0 atom stereocenters. The first-order valence-electron chi connectivity index (χ1n) is 7.94. The molecule has 0 aliphatic carbocycles. The van der Waals surface area contributed by atoms with Crippen LogP contribution in [0.15, 0.2) is 60.7 Å². The van der Waals surface area contributed by atoms with E-state index in [0.29, 0.717) is 5.13 Å². The van der Waals surface area contributed by atoms with Crippen molar-refractivity contribution in [1.29, 1.82) is 0 Å². The van der Waals surface area contributed by atoms with E-state index in [9.17, 15) is 4.79 Å². The Morgan fingerprint density at radius 1 is 1.12 bits per heavy atom. The minimum absolute atomic E-state index is 0.0865. The maximum absolute atomic E-state index is 12.3. The zero-order chi connectivity index (χ0) is 17.2. The Morgan fingerprint density at radius 3 is 2.88 bits per heavy atom. The fourth-order valence-electron chi connectivity index (χ4n) is 2.84. The molecule has 0 spiro atoms. The molecule has 3 aromatic carbocycles. The number of anilines is 1. The van der Waals surface area contributed by atoms with Crippen LogP contribution in [0.1, 0.15) is 5.56 Å². The van der Waals surface area contributed by atoms with Crippen LogP contribution in [0.25, 0.3) is 21.0 Å². The average molecular weight is 348 g/mol. The minimum atomic E-state index is -0.0865. The number of carbonyl (C=O) groups is 1. The Morgan fingerprint density at radius 2 is 2.00 bits per heavy atom. The van der Waals surface area contributed by atoms with E-state index in [1.54, 1.807) is 7.11 Å². The van der Waals surface area contributed by atoms with E-state index in [1.165, 1.54) is 16.7 Å². The molecular weight excluding hydrogens is 332 g/mol. The molecule has 0 fully saturated rings. The maximum atomic E-state index is 12.3. The molecule has 1 N–H and O–H groups in total. The third kappa shape index (κ3) is 3.19. The number of amides is 1. The summed E-state index contributed by atoms with van der Waals surface area (Å²) in [6, 6.07) is 19.8. The molecule has 5 heteroatoms. The van der Waals surface area contributed by atoms with Crippen LogP contribution >= 0.6 is 11.3 Å². The van der Waals surface area contributed by atoms with E-state index >= 15 is 0 Å². The lowest BCUT2D eigenvalue weighted by Gasteiger charge is -2.04. The standard InChI is InChI=1S/C20H16N2O2S/c1-24-15-7-4-5-13(11-15)12-18(23)22-20-21-17-10-9-14-6-2-3-8-16(14)19(17)25-20/h2-11H,12H2,1H3,(H,21,22,23). The maximum Gasteiger partial charge on any atom is 0.230 e. The Bertz CT molecular complexity index is 1070. The van der Waals surface area contributed by atoms with Crippen LogP contribution in [0, 0.1) is 0 Å². The van der Waals surface area contributed by atoms with E-state index in [2.05, 4.69) is 28.5 Å². The Balaban J connectivity index is 1.57. The highest BCUT2D eigenvalue weighted by atomic mass is 32.1. The molecule has 4 rings (SSSR count). The number of hydrogen-bond acceptors (Lipinski definition) is 4. The van der Waals surface area contributed by atoms with Gasteiger partial charge in [0.1, 0.15) is 5.75 Å². The number of carbonyl (C=O) groups excluding carboxylic acids is 1. The summed E-state index contributed by atoms with van der Waals surface area (Å²) in [7, 11) is 1.62. The van der Waals surface area contributed by atoms with Gasteiger partial charge in [0, 0.05) is 5.39 Å². The van der Waals surface area contributed by atoms with Crippen LogP contribution in [0.4, 0.5) is 5.13 Å². The molecule has 0 aliphatic heterocycles. The van der Waals surface area contributed by atoms with Gasteiger partial charge in [-0.2, -0.15) is 0 Å². The average Bonchev–Trinajstić information content (AvgIpc) is 3.04. The van der Waals surface area contributed by atoms with Gasteiger partial charge in [0.05, 0.1) is 23.7 Å². The van der Waals surface area contributed by atoms with Crippen molar-refractivity contribution in [3.8, 4) is 5.75 Å². The summed E-state index contributed by atoms with van der Waals surface area (Å²) < 4.78 is 6.29. The van der Waals surface area contributed by atoms with Crippen LogP contribution in [0.2, 0.25) is 0 Å². The molecular formula is C20H16N2O2S. The smallest absolute Gasteiger partial charge is 0.230 e. The highest BCUT2D eigenvalue weighted by Gasteiger charge is 2.11. The number of methoxy groups -OCH3 is 1. The van der Waals surface area contributed by atoms with Crippen molar-refractivity contribution in [2.75, 3.05) is 12.4 Å². The molecule has 0 bridgehead atoms. The van der Waals surface area contributed by atoms with Gasteiger partial charge < -0.3 is 10.1 Å². The highest BCUT2D eigenvalue weighted by molar-refractivity contribution is 7.23. The minimum Gasteiger partial charge on any atom is -0.497 e. The van der Waals surface area contributed by atoms with Gasteiger partial charge in [-0.25, -0.2) is 4.98 Å². The van der Waals surface area contributed by atoms with Crippen molar-refractivity contribution in [2.45, 2.75) is 6.42 Å². The second kappa shape index (κ2) is 6.53. The van der Waals surface area contributed by atoms with Crippen molar-refractivity contribution < 1.29 is 9.53 Å². The van der Waals surface area contributed by atoms with Crippen molar-refractivity contribution in [2.24, 2.45) is 0 Å². The van der Waals surface area contributed by atoms with Gasteiger partial charge in [-0.05, 0) is 29.1 Å². The van der Waals surface area contributed by atoms with Gasteiger partial charge in [-0.1, -0.05) is 53.8 Å². The fourth-order valence-corrected chi connectivity index (χ4v) is 3.86. The van der Waals surface area contributed by atoms with E-state index in [0.717, 1.165) is 26.9 Å². The largest absolute Gasteiger partial charge is 0.497 e. The molecule has 0 aliphatic rings. The van der Waals surface area contributed by atoms with Gasteiger partial charge in [0.2, 0.25) is 5.91 Å². The van der Waals surface area contributed by atoms with Gasteiger partial charge in [0.25, 0.3) is 0 Å². The lowest BCUT2D eigenvalue weighted by Crippen LogP contribution is -2.14. The van der Waals surface area contributed by atoms with E-state index in [-0.39, 0.29) is 12.3 Å². The number of nitrogens with one attached hydrogen (secondary N) is 1. The predicted molar refractivity (Wildman–Crippen MR) is 102 cm³/mol. The number of ether oxygens (including phenoxy) is 1. The molecule has 4 nitrogen and oxygen atoms in total. The van der Waals surface area contributed by atoms with Crippen molar-refractivity contribution in [3.63, 3.8) is 0 Å². The number of hydrogen-bond donors (Lipinski definition) is 1. The summed E-state index contributed by atoms with van der Waals surface area (Å²) in [5.41, 5.74) is 1.81. The Kier molecular flexibility index (Phi) is 4.07. The lowest BCUT2D eigenvalue weighted by molar-refractivity contribution is -0.115. The third-order valence-corrected chi connectivity index (χ3v) is 5.04. The van der Waals surface area contributed by atoms with Gasteiger partial charge in [-0.3, -0.25) is 4.79 Å². The van der Waals surface area contributed by atoms with Crippen molar-refractivity contribution in [3.05, 3.63) is 66.2 Å². The van der Waals surface area contributed by atoms with Crippen LogP contribution in [0.3, 0.4) is 0 Å². The van der Waals surface area contributed by atoms with Gasteiger partial charge in [-0.15, -0.1) is 0 Å². The van der Waals surface area contributed by atoms with E-state index < -0.39 is 0 Å². The van der Waals surface area contributed by atoms with Gasteiger partial charge >= 0.3 is 0 Å². The summed E-state index contributed by atoms with van der Waals surface area (Å²) in [5.74, 6) is 0.661. The molecule has 4 aromatic rings. The van der Waals surface area contributed by atoms with Crippen LogP contribution in [0.5, 0.6) is 5.75 Å². The number of rotatable bonds is 4. The molecule has 124 valence electrons. The summed E-state index contributed by atoms with van der Waals surface area (Å²) in [4.78, 5) is 16.9. The molecule has 1 amide bonds. The Labute approximate surface area is 149 Å². The molecule has 0 unspecified atom stereocenters. The molecule has 1 aromatic heterocycles. The second-order valence-corrected chi connectivity index (χ2v) is 6.73. The topological polar surface area (TPSA) is 51.2 Å². The summed E-state index contributed by atoms with van der Waals surface area (Å²) >= 11 is 1.51. The first-order valence-corrected chi connectivity index (χ1v) is 8.75. The van der Waals surface area contributed by atoms with Crippen LogP contribution in [-0.4, -0.2) is 18.0 Å². The quantitative estimate of drug-likeness (QED) is 0.584. The van der Waals surface area contributed by atoms with E-state index in [1.807, 2.05) is 42.5 Å². The monoisotopic (exact) mass is 348 g/mol. The summed E-state index contributed by atoms with van der Waals surface area (Å²) in [6.45, 7) is 0. The normalized spacial score (nSPS) is 10.9. The first kappa shape index (κ1) is 15.6. The molecule has 0 saturated heterocycles. The van der Waals surface area contributed by atoms with Crippen LogP contribution < -0.4 is 10.1 Å². The molecule has 0 radical (unpaired) electrons. The summed E-state index contributed by atoms with van der Waals surface area (Å²) in [6.07, 6.45) is 0.286. The molecule has 0 saturated carbocycles. The molecule has 25 heavy (non-hydrogen) atoms. The second-order valence-electron chi connectivity index (χ2n) is 5.73. The number of benzene rings is 3. The lowest BCUT2D eigenvalue weighted by atomic mass is 10.1. The number of aromatic nitrogens is 1. The zero-order valence-corrected chi connectivity index (χ0v) is 14.5. The number of nitrogens with zero attached hydrogens (tertiary/aromatic N) is 1. The summed E-state index contributed by atoms with van der Waals surface area (Å²) in [5, 5.41) is 5.87. The van der Waals surface area contributed by atoms with E-state index in [4.69, 9.17) is 4.74 Å². The van der Waals surface area contributed by atoms with Crippen molar-refractivity contribution >= 4 is 43.4 Å². The highest BCUT2D eigenvalue weighted by Crippen LogP contribution is 2.32. The van der Waals surface area contributed by atoms with Gasteiger partial charge in [0.15, 0.2) is 5.13 Å². The van der Waals surface area contributed by atoms with Crippen molar-refractivity contribution in [1.82, 2.24) is 4.98 Å².